The molecule has 7 heteroatoms. The molecule has 1 aromatic carbocycles. The van der Waals surface area contributed by atoms with E-state index < -0.39 is 0 Å². The Balaban J connectivity index is 0.00000280. The molecule has 1 aromatic heterocycles. The van der Waals surface area contributed by atoms with Crippen molar-refractivity contribution in [2.45, 2.75) is 20.4 Å². The standard InChI is InChI=1S/C21H29N3O3.ClH/c1-14-15(2)21(25)23(3)12-17(14)16-10-19(26-4)18(20(11-16)27-5)13-24-8-6-22-7-9-24;/h10-12,22H,6-9,13H2,1-5H3;1H. The first-order valence-corrected chi connectivity index (χ1v) is 9.31. The zero-order valence-electron chi connectivity index (χ0n) is 17.3. The molecule has 1 saturated heterocycles. The van der Waals surface area contributed by atoms with Crippen molar-refractivity contribution in [3.8, 4) is 22.6 Å². The van der Waals surface area contributed by atoms with Crippen LogP contribution < -0.4 is 20.3 Å². The van der Waals surface area contributed by atoms with Gasteiger partial charge >= 0.3 is 0 Å². The van der Waals surface area contributed by atoms with Crippen molar-refractivity contribution >= 4 is 12.4 Å². The van der Waals surface area contributed by atoms with E-state index in [9.17, 15) is 4.79 Å². The van der Waals surface area contributed by atoms with Gasteiger partial charge in [0.05, 0.1) is 19.8 Å². The fraction of sp³-hybridized carbons (Fsp3) is 0.476. The van der Waals surface area contributed by atoms with E-state index >= 15 is 0 Å². The minimum atomic E-state index is 0. The third kappa shape index (κ3) is 4.35. The summed E-state index contributed by atoms with van der Waals surface area (Å²) in [4.78, 5) is 14.6. The van der Waals surface area contributed by atoms with Gasteiger partial charge in [-0.15, -0.1) is 12.4 Å². The summed E-state index contributed by atoms with van der Waals surface area (Å²) in [5, 5.41) is 3.38. The zero-order chi connectivity index (χ0) is 19.6. The molecule has 0 bridgehead atoms. The first-order chi connectivity index (χ1) is 13.0. The Bertz CT molecular complexity index is 864. The van der Waals surface area contributed by atoms with E-state index in [4.69, 9.17) is 9.47 Å². The number of nitrogens with zero attached hydrogens (tertiary/aromatic N) is 2. The second kappa shape index (κ2) is 9.45. The highest BCUT2D eigenvalue weighted by Gasteiger charge is 2.19. The van der Waals surface area contributed by atoms with Gasteiger partial charge in [0, 0.05) is 57.1 Å². The van der Waals surface area contributed by atoms with Gasteiger partial charge in [0.2, 0.25) is 0 Å². The van der Waals surface area contributed by atoms with Crippen molar-refractivity contribution in [2.24, 2.45) is 7.05 Å². The van der Waals surface area contributed by atoms with Crippen LogP contribution in [0.5, 0.6) is 11.5 Å². The number of halogens is 1. The van der Waals surface area contributed by atoms with E-state index in [0.717, 1.165) is 72.0 Å². The highest BCUT2D eigenvalue weighted by atomic mass is 35.5. The molecule has 2 aromatic rings. The molecule has 0 amide bonds. The first-order valence-electron chi connectivity index (χ1n) is 9.31. The lowest BCUT2D eigenvalue weighted by Crippen LogP contribution is -2.43. The van der Waals surface area contributed by atoms with Crippen LogP contribution in [0.1, 0.15) is 16.7 Å². The smallest absolute Gasteiger partial charge is 0.253 e. The fourth-order valence-electron chi connectivity index (χ4n) is 3.66. The van der Waals surface area contributed by atoms with Gasteiger partial charge in [-0.25, -0.2) is 0 Å². The van der Waals surface area contributed by atoms with E-state index in [0.29, 0.717) is 0 Å². The van der Waals surface area contributed by atoms with Gasteiger partial charge in [0.25, 0.3) is 5.56 Å². The summed E-state index contributed by atoms with van der Waals surface area (Å²) in [6.45, 7) is 8.66. The number of pyridine rings is 1. The van der Waals surface area contributed by atoms with Crippen molar-refractivity contribution < 1.29 is 9.47 Å². The summed E-state index contributed by atoms with van der Waals surface area (Å²) in [6.07, 6.45) is 1.88. The molecule has 0 saturated carbocycles. The van der Waals surface area contributed by atoms with Crippen molar-refractivity contribution in [3.05, 3.63) is 45.4 Å². The average molecular weight is 408 g/mol. The Morgan fingerprint density at radius 3 is 2.14 bits per heavy atom. The van der Waals surface area contributed by atoms with Crippen LogP contribution in [0.3, 0.4) is 0 Å². The second-order valence-corrected chi connectivity index (χ2v) is 7.09. The van der Waals surface area contributed by atoms with Gasteiger partial charge in [-0.1, -0.05) is 0 Å². The number of hydrogen-bond acceptors (Lipinski definition) is 5. The number of rotatable bonds is 5. The molecule has 0 spiro atoms. The number of hydrogen-bond donors (Lipinski definition) is 1. The van der Waals surface area contributed by atoms with Crippen LogP contribution in [0, 0.1) is 13.8 Å². The van der Waals surface area contributed by atoms with Crippen LogP contribution in [0.4, 0.5) is 0 Å². The average Bonchev–Trinajstić information content (AvgIpc) is 2.70. The van der Waals surface area contributed by atoms with E-state index in [-0.39, 0.29) is 18.0 Å². The second-order valence-electron chi connectivity index (χ2n) is 7.09. The van der Waals surface area contributed by atoms with Crippen LogP contribution in [0.25, 0.3) is 11.1 Å². The summed E-state index contributed by atoms with van der Waals surface area (Å²) >= 11 is 0. The molecule has 0 atom stereocenters. The molecule has 0 unspecified atom stereocenters. The lowest BCUT2D eigenvalue weighted by molar-refractivity contribution is 0.226. The normalized spacial score (nSPS) is 14.5. The van der Waals surface area contributed by atoms with E-state index in [1.807, 2.05) is 32.2 Å². The Labute approximate surface area is 172 Å². The highest BCUT2D eigenvalue weighted by molar-refractivity contribution is 5.85. The highest BCUT2D eigenvalue weighted by Crippen LogP contribution is 2.37. The Morgan fingerprint density at radius 2 is 1.61 bits per heavy atom. The van der Waals surface area contributed by atoms with Crippen molar-refractivity contribution in [2.75, 3.05) is 40.4 Å². The molecule has 1 fully saturated rings. The summed E-state index contributed by atoms with van der Waals surface area (Å²) in [6, 6.07) is 4.10. The SMILES string of the molecule is COc1cc(-c2cn(C)c(=O)c(C)c2C)cc(OC)c1CN1CCNCC1.Cl. The predicted molar refractivity (Wildman–Crippen MR) is 115 cm³/mol. The van der Waals surface area contributed by atoms with Crippen molar-refractivity contribution in [1.82, 2.24) is 14.8 Å². The van der Waals surface area contributed by atoms with Crippen LogP contribution in [-0.2, 0) is 13.6 Å². The Hall–Kier alpha value is -2.02. The molecule has 0 radical (unpaired) electrons. The predicted octanol–water partition coefficient (Wildman–Crippen LogP) is 2.51. The number of benzene rings is 1. The van der Waals surface area contributed by atoms with E-state index in [1.54, 1.807) is 25.8 Å². The van der Waals surface area contributed by atoms with E-state index in [1.165, 1.54) is 0 Å². The zero-order valence-corrected chi connectivity index (χ0v) is 18.1. The van der Waals surface area contributed by atoms with E-state index in [2.05, 4.69) is 10.2 Å². The quantitative estimate of drug-likeness (QED) is 0.825. The van der Waals surface area contributed by atoms with Crippen molar-refractivity contribution in [1.29, 1.82) is 0 Å². The molecule has 6 nitrogen and oxygen atoms in total. The maximum Gasteiger partial charge on any atom is 0.253 e. The lowest BCUT2D eigenvalue weighted by Gasteiger charge is -2.28. The van der Waals surface area contributed by atoms with Crippen LogP contribution in [-0.4, -0.2) is 49.9 Å². The molecular weight excluding hydrogens is 378 g/mol. The largest absolute Gasteiger partial charge is 0.496 e. The monoisotopic (exact) mass is 407 g/mol. The van der Waals surface area contributed by atoms with Crippen LogP contribution >= 0.6 is 12.4 Å². The summed E-state index contributed by atoms with van der Waals surface area (Å²) < 4.78 is 13.1. The fourth-order valence-corrected chi connectivity index (χ4v) is 3.66. The molecule has 3 rings (SSSR count). The van der Waals surface area contributed by atoms with Crippen LogP contribution in [0.2, 0.25) is 0 Å². The van der Waals surface area contributed by atoms with Gasteiger partial charge in [-0.2, -0.15) is 0 Å². The summed E-state index contributed by atoms with van der Waals surface area (Å²) in [7, 11) is 5.17. The number of piperazine rings is 1. The van der Waals surface area contributed by atoms with Gasteiger partial charge in [-0.3, -0.25) is 9.69 Å². The summed E-state index contributed by atoms with van der Waals surface area (Å²) in [5.41, 5.74) is 4.84. The number of ether oxygens (including phenoxy) is 2. The minimum Gasteiger partial charge on any atom is -0.496 e. The van der Waals surface area contributed by atoms with Gasteiger partial charge < -0.3 is 19.4 Å². The van der Waals surface area contributed by atoms with Gasteiger partial charge in [-0.05, 0) is 37.1 Å². The third-order valence-corrected chi connectivity index (χ3v) is 5.44. The van der Waals surface area contributed by atoms with Gasteiger partial charge in [0.1, 0.15) is 11.5 Å². The van der Waals surface area contributed by atoms with Crippen LogP contribution in [0.15, 0.2) is 23.1 Å². The maximum absolute atomic E-state index is 12.2. The topological polar surface area (TPSA) is 55.7 Å². The third-order valence-electron chi connectivity index (χ3n) is 5.44. The van der Waals surface area contributed by atoms with Crippen molar-refractivity contribution in [3.63, 3.8) is 0 Å². The number of aryl methyl sites for hydroxylation is 1. The van der Waals surface area contributed by atoms with Gasteiger partial charge in [0.15, 0.2) is 0 Å². The number of aromatic nitrogens is 1. The number of methoxy groups -OCH3 is 2. The summed E-state index contributed by atoms with van der Waals surface area (Å²) in [5.74, 6) is 1.63. The molecule has 2 heterocycles. The maximum atomic E-state index is 12.2. The first kappa shape index (κ1) is 22.3. The molecule has 154 valence electrons. The lowest BCUT2D eigenvalue weighted by atomic mass is 9.97. The molecule has 1 aliphatic rings. The molecule has 1 aliphatic heterocycles. The Kier molecular flexibility index (Phi) is 7.52. The minimum absolute atomic E-state index is 0. The molecule has 0 aliphatic carbocycles. The Morgan fingerprint density at radius 1 is 1.04 bits per heavy atom. The molecular formula is C21H30ClN3O3. The molecule has 28 heavy (non-hydrogen) atoms. The number of nitrogens with one attached hydrogen (secondary N) is 1. The molecule has 1 N–H and O–H groups in total.